The van der Waals surface area contributed by atoms with Gasteiger partial charge in [0, 0.05) is 38.0 Å². The zero-order chi connectivity index (χ0) is 19.2. The van der Waals surface area contributed by atoms with Gasteiger partial charge in [-0.05, 0) is 42.3 Å². The first-order valence-corrected chi connectivity index (χ1v) is 8.73. The molecule has 0 fully saturated rings. The average molecular weight is 362 g/mol. The molecular weight excluding hydrogens is 340 g/mol. The number of hydrogen-bond acceptors (Lipinski definition) is 3. The number of carbonyl (C=O) groups is 2. The Kier molecular flexibility index (Phi) is 5.66. The predicted octanol–water partition coefficient (Wildman–Crippen LogP) is 2.55. The SMILES string of the molecule is CN(C)C(=O)c1cccc(C(=O)NCCc2cnn(-c3ccccc3)c2)c1. The fraction of sp³-hybridized carbons (Fsp3) is 0.190. The van der Waals surface area contributed by atoms with Crippen molar-refractivity contribution >= 4 is 11.8 Å². The van der Waals surface area contributed by atoms with Crippen molar-refractivity contribution in [3.8, 4) is 5.69 Å². The maximum Gasteiger partial charge on any atom is 0.253 e. The lowest BCUT2D eigenvalue weighted by atomic mass is 10.1. The fourth-order valence-electron chi connectivity index (χ4n) is 2.69. The molecule has 138 valence electrons. The Morgan fingerprint density at radius 2 is 1.78 bits per heavy atom. The van der Waals surface area contributed by atoms with Crippen LogP contribution < -0.4 is 5.32 Å². The molecule has 6 heteroatoms. The van der Waals surface area contributed by atoms with Gasteiger partial charge in [-0.1, -0.05) is 24.3 Å². The number of hydrogen-bond donors (Lipinski definition) is 1. The van der Waals surface area contributed by atoms with Crippen molar-refractivity contribution in [2.24, 2.45) is 0 Å². The van der Waals surface area contributed by atoms with Gasteiger partial charge in [0.05, 0.1) is 11.9 Å². The van der Waals surface area contributed by atoms with Crippen molar-refractivity contribution in [1.29, 1.82) is 0 Å². The molecule has 0 unspecified atom stereocenters. The van der Waals surface area contributed by atoms with Crippen LogP contribution >= 0.6 is 0 Å². The van der Waals surface area contributed by atoms with Crippen molar-refractivity contribution in [3.63, 3.8) is 0 Å². The molecule has 0 aliphatic rings. The number of amides is 2. The maximum atomic E-state index is 12.3. The van der Waals surface area contributed by atoms with Gasteiger partial charge in [0.25, 0.3) is 11.8 Å². The molecule has 1 N–H and O–H groups in total. The summed E-state index contributed by atoms with van der Waals surface area (Å²) in [6.45, 7) is 0.491. The van der Waals surface area contributed by atoms with E-state index < -0.39 is 0 Å². The molecule has 0 atom stereocenters. The first-order chi connectivity index (χ1) is 13.0. The summed E-state index contributed by atoms with van der Waals surface area (Å²) in [5.74, 6) is -0.322. The van der Waals surface area contributed by atoms with Crippen molar-refractivity contribution in [3.05, 3.63) is 83.7 Å². The number of nitrogens with one attached hydrogen (secondary N) is 1. The summed E-state index contributed by atoms with van der Waals surface area (Å²) in [6, 6.07) is 16.6. The monoisotopic (exact) mass is 362 g/mol. The molecule has 0 aliphatic carbocycles. The molecule has 3 aromatic rings. The van der Waals surface area contributed by atoms with Crippen LogP contribution in [-0.2, 0) is 6.42 Å². The zero-order valence-electron chi connectivity index (χ0n) is 15.4. The second kappa shape index (κ2) is 8.31. The van der Waals surface area contributed by atoms with Gasteiger partial charge in [0.2, 0.25) is 0 Å². The van der Waals surface area contributed by atoms with Gasteiger partial charge in [0.15, 0.2) is 0 Å². The molecule has 0 spiro atoms. The van der Waals surface area contributed by atoms with E-state index in [2.05, 4.69) is 10.4 Å². The summed E-state index contributed by atoms with van der Waals surface area (Å²) in [4.78, 5) is 25.9. The van der Waals surface area contributed by atoms with E-state index >= 15 is 0 Å². The van der Waals surface area contributed by atoms with Crippen LogP contribution in [0.2, 0.25) is 0 Å². The Bertz CT molecular complexity index is 932. The van der Waals surface area contributed by atoms with E-state index in [1.807, 2.05) is 41.2 Å². The fourth-order valence-corrected chi connectivity index (χ4v) is 2.69. The number of benzene rings is 2. The van der Waals surface area contributed by atoms with E-state index in [9.17, 15) is 9.59 Å². The largest absolute Gasteiger partial charge is 0.352 e. The molecular formula is C21H22N4O2. The summed E-state index contributed by atoms with van der Waals surface area (Å²) in [6.07, 6.45) is 4.43. The summed E-state index contributed by atoms with van der Waals surface area (Å²) < 4.78 is 1.81. The smallest absolute Gasteiger partial charge is 0.253 e. The van der Waals surface area contributed by atoms with Gasteiger partial charge in [-0.15, -0.1) is 0 Å². The average Bonchev–Trinajstić information content (AvgIpc) is 3.17. The van der Waals surface area contributed by atoms with E-state index in [0.29, 0.717) is 24.1 Å². The van der Waals surface area contributed by atoms with E-state index in [4.69, 9.17) is 0 Å². The van der Waals surface area contributed by atoms with Gasteiger partial charge in [-0.2, -0.15) is 5.10 Å². The van der Waals surface area contributed by atoms with Crippen LogP contribution in [0.25, 0.3) is 5.69 Å². The minimum absolute atomic E-state index is 0.127. The second-order valence-corrected chi connectivity index (χ2v) is 6.41. The van der Waals surface area contributed by atoms with Gasteiger partial charge >= 0.3 is 0 Å². The lowest BCUT2D eigenvalue weighted by Gasteiger charge is -2.11. The topological polar surface area (TPSA) is 67.2 Å². The number of para-hydroxylation sites is 1. The highest BCUT2D eigenvalue weighted by Gasteiger charge is 2.11. The van der Waals surface area contributed by atoms with Crippen LogP contribution in [0.3, 0.4) is 0 Å². The lowest BCUT2D eigenvalue weighted by Crippen LogP contribution is -2.26. The second-order valence-electron chi connectivity index (χ2n) is 6.41. The molecule has 0 radical (unpaired) electrons. The Balaban J connectivity index is 1.57. The molecule has 1 heterocycles. The molecule has 0 aliphatic heterocycles. The van der Waals surface area contributed by atoms with E-state index in [0.717, 1.165) is 11.3 Å². The van der Waals surface area contributed by atoms with Crippen LogP contribution in [-0.4, -0.2) is 47.1 Å². The molecule has 0 saturated carbocycles. The Hall–Kier alpha value is -3.41. The first-order valence-electron chi connectivity index (χ1n) is 8.73. The maximum absolute atomic E-state index is 12.3. The quantitative estimate of drug-likeness (QED) is 0.733. The summed E-state index contributed by atoms with van der Waals surface area (Å²) in [7, 11) is 3.37. The van der Waals surface area contributed by atoms with E-state index in [-0.39, 0.29) is 11.8 Å². The van der Waals surface area contributed by atoms with Crippen molar-refractivity contribution < 1.29 is 9.59 Å². The third-order valence-corrected chi connectivity index (χ3v) is 4.13. The van der Waals surface area contributed by atoms with Crippen molar-refractivity contribution in [2.75, 3.05) is 20.6 Å². The summed E-state index contributed by atoms with van der Waals surface area (Å²) >= 11 is 0. The lowest BCUT2D eigenvalue weighted by molar-refractivity contribution is 0.0827. The van der Waals surface area contributed by atoms with E-state index in [1.165, 1.54) is 4.90 Å². The van der Waals surface area contributed by atoms with Crippen molar-refractivity contribution in [1.82, 2.24) is 20.0 Å². The van der Waals surface area contributed by atoms with Gasteiger partial charge in [0.1, 0.15) is 0 Å². The molecule has 2 aromatic carbocycles. The predicted molar refractivity (Wildman–Crippen MR) is 104 cm³/mol. The molecule has 0 bridgehead atoms. The highest BCUT2D eigenvalue weighted by atomic mass is 16.2. The zero-order valence-corrected chi connectivity index (χ0v) is 15.4. The van der Waals surface area contributed by atoms with Gasteiger partial charge in [-0.25, -0.2) is 4.68 Å². The van der Waals surface area contributed by atoms with Crippen LogP contribution in [0.4, 0.5) is 0 Å². The van der Waals surface area contributed by atoms with Crippen LogP contribution in [0.1, 0.15) is 26.3 Å². The summed E-state index contributed by atoms with van der Waals surface area (Å²) in [5.41, 5.74) is 3.00. The Morgan fingerprint density at radius 1 is 1.04 bits per heavy atom. The third-order valence-electron chi connectivity index (χ3n) is 4.13. The number of rotatable bonds is 6. The molecule has 2 amide bonds. The first kappa shape index (κ1) is 18.4. The number of aromatic nitrogens is 2. The van der Waals surface area contributed by atoms with Crippen LogP contribution in [0.15, 0.2) is 67.0 Å². The van der Waals surface area contributed by atoms with Crippen LogP contribution in [0.5, 0.6) is 0 Å². The Morgan fingerprint density at radius 3 is 2.52 bits per heavy atom. The minimum Gasteiger partial charge on any atom is -0.352 e. The molecule has 1 aromatic heterocycles. The Labute approximate surface area is 158 Å². The van der Waals surface area contributed by atoms with Gasteiger partial charge < -0.3 is 10.2 Å². The third kappa shape index (κ3) is 4.61. The normalized spacial score (nSPS) is 10.4. The summed E-state index contributed by atoms with van der Waals surface area (Å²) in [5, 5.41) is 7.24. The van der Waals surface area contributed by atoms with Crippen LogP contribution in [0, 0.1) is 0 Å². The molecule has 6 nitrogen and oxygen atoms in total. The molecule has 3 rings (SSSR count). The number of nitrogens with zero attached hydrogens (tertiary/aromatic N) is 3. The molecule has 0 saturated heterocycles. The highest BCUT2D eigenvalue weighted by molar-refractivity contribution is 5.99. The minimum atomic E-state index is -0.196. The van der Waals surface area contributed by atoms with Crippen molar-refractivity contribution in [2.45, 2.75) is 6.42 Å². The van der Waals surface area contributed by atoms with Gasteiger partial charge in [-0.3, -0.25) is 9.59 Å². The number of carbonyl (C=O) groups excluding carboxylic acids is 2. The highest BCUT2D eigenvalue weighted by Crippen LogP contribution is 2.09. The van der Waals surface area contributed by atoms with E-state index in [1.54, 1.807) is 44.6 Å². The molecule has 27 heavy (non-hydrogen) atoms. The standard InChI is InChI=1S/C21H22N4O2/c1-24(2)21(27)18-8-6-7-17(13-18)20(26)22-12-11-16-14-23-25(15-16)19-9-4-3-5-10-19/h3-10,13-15H,11-12H2,1-2H3,(H,22,26).